The largest absolute Gasteiger partial charge is 0.480 e. The molecule has 0 saturated heterocycles. The number of alkyl halides is 1. The van der Waals surface area contributed by atoms with Gasteiger partial charge in [0.1, 0.15) is 18.0 Å². The molecule has 1 aromatic rings. The van der Waals surface area contributed by atoms with Crippen molar-refractivity contribution in [2.45, 2.75) is 12.0 Å². The molecule has 0 aromatic heterocycles. The Hall–Kier alpha value is -1.66. The number of hydrogen-bond donors (Lipinski definition) is 2. The van der Waals surface area contributed by atoms with Crippen LogP contribution in [0.25, 0.3) is 0 Å². The van der Waals surface area contributed by atoms with Crippen LogP contribution in [0.2, 0.25) is 0 Å². The average Bonchev–Trinajstić information content (AvgIpc) is 2.37. The van der Waals surface area contributed by atoms with E-state index >= 15 is 0 Å². The average molecular weight is 257 g/mol. The highest BCUT2D eigenvalue weighted by molar-refractivity contribution is 5.79. The lowest BCUT2D eigenvalue weighted by Crippen LogP contribution is -2.52. The third-order valence-corrected chi connectivity index (χ3v) is 2.45. The molecule has 1 rings (SSSR count). The van der Waals surface area contributed by atoms with Gasteiger partial charge in [0.05, 0.1) is 0 Å². The van der Waals surface area contributed by atoms with Crippen LogP contribution in [0.15, 0.2) is 24.3 Å². The van der Waals surface area contributed by atoms with Crippen LogP contribution < -0.4 is 10.5 Å². The number of ether oxygens (including phenoxy) is 2. The number of rotatable bonds is 7. The summed E-state index contributed by atoms with van der Waals surface area (Å²) in [6.07, 6.45) is -0.0800. The first-order valence-corrected chi connectivity index (χ1v) is 5.31. The Morgan fingerprint density at radius 2 is 2.06 bits per heavy atom. The van der Waals surface area contributed by atoms with Crippen molar-refractivity contribution in [3.63, 3.8) is 0 Å². The maximum absolute atomic E-state index is 12.7. The lowest BCUT2D eigenvalue weighted by molar-refractivity contribution is -0.143. The van der Waals surface area contributed by atoms with Gasteiger partial charge in [0.2, 0.25) is 0 Å². The van der Waals surface area contributed by atoms with Gasteiger partial charge < -0.3 is 20.3 Å². The molecule has 6 heteroatoms. The molecule has 1 aromatic carbocycles. The second kappa shape index (κ2) is 6.32. The topological polar surface area (TPSA) is 81.8 Å². The first kappa shape index (κ1) is 14.4. The van der Waals surface area contributed by atoms with E-state index in [1.807, 2.05) is 0 Å². The maximum atomic E-state index is 12.7. The molecule has 0 aliphatic heterocycles. The number of halogens is 1. The van der Waals surface area contributed by atoms with Crippen LogP contribution in [-0.2, 0) is 16.0 Å². The van der Waals surface area contributed by atoms with Gasteiger partial charge in [0.15, 0.2) is 6.79 Å². The minimum Gasteiger partial charge on any atom is -0.480 e. The Bertz CT molecular complexity index is 396. The number of carboxylic acid groups (broad SMARTS) is 1. The fraction of sp³-hybridized carbons (Fsp3) is 0.417. The first-order chi connectivity index (χ1) is 8.51. The second-order valence-corrected chi connectivity index (χ2v) is 3.97. The lowest BCUT2D eigenvalue weighted by atomic mass is 9.93. The number of methoxy groups -OCH3 is 1. The Morgan fingerprint density at radius 3 is 2.50 bits per heavy atom. The zero-order chi connectivity index (χ0) is 13.6. The lowest BCUT2D eigenvalue weighted by Gasteiger charge is -2.20. The van der Waals surface area contributed by atoms with Gasteiger partial charge in [0, 0.05) is 13.5 Å². The summed E-state index contributed by atoms with van der Waals surface area (Å²) in [5, 5.41) is 8.86. The predicted octanol–water partition coefficient (Wildman–Crippen LogP) is 0.963. The van der Waals surface area contributed by atoms with Crippen LogP contribution in [0.5, 0.6) is 5.75 Å². The predicted molar refractivity (Wildman–Crippen MR) is 63.2 cm³/mol. The summed E-state index contributed by atoms with van der Waals surface area (Å²) in [6, 6.07) is 6.58. The molecule has 18 heavy (non-hydrogen) atoms. The summed E-state index contributed by atoms with van der Waals surface area (Å²) in [6.45, 7) is -0.996. The van der Waals surface area contributed by atoms with E-state index in [-0.39, 0.29) is 13.2 Å². The summed E-state index contributed by atoms with van der Waals surface area (Å²) in [7, 11) is 1.51. The number of carboxylic acids is 1. The number of benzene rings is 1. The number of aliphatic carboxylic acids is 1. The Kier molecular flexibility index (Phi) is 5.06. The summed E-state index contributed by atoms with van der Waals surface area (Å²) >= 11 is 0. The molecule has 3 N–H and O–H groups in total. The SMILES string of the molecule is COCOc1ccc(CC(N)(CF)C(=O)O)cc1. The molecule has 5 nitrogen and oxygen atoms in total. The molecular weight excluding hydrogens is 241 g/mol. The Balaban J connectivity index is 2.71. The van der Waals surface area contributed by atoms with E-state index in [1.54, 1.807) is 24.3 Å². The Labute approximate surface area is 104 Å². The van der Waals surface area contributed by atoms with E-state index in [1.165, 1.54) is 7.11 Å². The van der Waals surface area contributed by atoms with Crippen molar-refractivity contribution < 1.29 is 23.8 Å². The van der Waals surface area contributed by atoms with Crippen molar-refractivity contribution in [2.75, 3.05) is 20.6 Å². The summed E-state index contributed by atoms with van der Waals surface area (Å²) in [4.78, 5) is 10.9. The molecule has 0 aliphatic rings. The van der Waals surface area contributed by atoms with Gasteiger partial charge in [-0.05, 0) is 17.7 Å². The van der Waals surface area contributed by atoms with Crippen LogP contribution in [-0.4, -0.2) is 37.2 Å². The molecule has 0 spiro atoms. The van der Waals surface area contributed by atoms with Crippen molar-refractivity contribution in [1.82, 2.24) is 0 Å². The number of carbonyl (C=O) groups is 1. The summed E-state index contributed by atoms with van der Waals surface area (Å²) in [5.74, 6) is -0.775. The van der Waals surface area contributed by atoms with Gasteiger partial charge in [-0.2, -0.15) is 0 Å². The second-order valence-electron chi connectivity index (χ2n) is 3.97. The van der Waals surface area contributed by atoms with E-state index in [0.717, 1.165) is 0 Å². The molecule has 0 aliphatic carbocycles. The van der Waals surface area contributed by atoms with Gasteiger partial charge in [-0.3, -0.25) is 4.79 Å². The molecule has 0 saturated carbocycles. The maximum Gasteiger partial charge on any atom is 0.326 e. The van der Waals surface area contributed by atoms with Gasteiger partial charge in [-0.1, -0.05) is 12.1 Å². The molecule has 100 valence electrons. The van der Waals surface area contributed by atoms with Crippen molar-refractivity contribution in [3.8, 4) is 5.75 Å². The molecule has 0 fully saturated rings. The zero-order valence-electron chi connectivity index (χ0n) is 10.1. The highest BCUT2D eigenvalue weighted by Crippen LogP contribution is 2.17. The van der Waals surface area contributed by atoms with Crippen LogP contribution in [0.4, 0.5) is 4.39 Å². The van der Waals surface area contributed by atoms with E-state index in [0.29, 0.717) is 11.3 Å². The van der Waals surface area contributed by atoms with Crippen molar-refractivity contribution in [2.24, 2.45) is 5.73 Å². The summed E-state index contributed by atoms with van der Waals surface area (Å²) in [5.41, 5.74) is 4.21. The van der Waals surface area contributed by atoms with Gasteiger partial charge in [-0.25, -0.2) is 4.39 Å². The number of hydrogen-bond acceptors (Lipinski definition) is 4. The van der Waals surface area contributed by atoms with Gasteiger partial charge >= 0.3 is 5.97 Å². The molecule has 0 radical (unpaired) electrons. The monoisotopic (exact) mass is 257 g/mol. The minimum atomic E-state index is -1.88. The third-order valence-electron chi connectivity index (χ3n) is 2.45. The first-order valence-electron chi connectivity index (χ1n) is 5.31. The van der Waals surface area contributed by atoms with E-state index in [2.05, 4.69) is 0 Å². The van der Waals surface area contributed by atoms with E-state index in [4.69, 9.17) is 20.3 Å². The molecule has 0 bridgehead atoms. The van der Waals surface area contributed by atoms with E-state index < -0.39 is 18.2 Å². The fourth-order valence-electron chi connectivity index (χ4n) is 1.37. The molecular formula is C12H16FNO4. The van der Waals surface area contributed by atoms with Gasteiger partial charge in [0.25, 0.3) is 0 Å². The molecule has 0 heterocycles. The van der Waals surface area contributed by atoms with Crippen LogP contribution in [0.3, 0.4) is 0 Å². The van der Waals surface area contributed by atoms with E-state index in [9.17, 15) is 9.18 Å². The molecule has 1 atom stereocenters. The third kappa shape index (κ3) is 3.68. The molecule has 1 unspecified atom stereocenters. The van der Waals surface area contributed by atoms with Gasteiger partial charge in [-0.15, -0.1) is 0 Å². The quantitative estimate of drug-likeness (QED) is 0.711. The standard InChI is InChI=1S/C12H16FNO4/c1-17-8-18-10-4-2-9(3-5-10)6-12(14,7-13)11(15)16/h2-5H,6-8,14H2,1H3,(H,15,16). The highest BCUT2D eigenvalue weighted by atomic mass is 19.1. The highest BCUT2D eigenvalue weighted by Gasteiger charge is 2.34. The normalized spacial score (nSPS) is 13.9. The molecule has 0 amide bonds. The van der Waals surface area contributed by atoms with Crippen LogP contribution >= 0.6 is 0 Å². The minimum absolute atomic E-state index is 0.0800. The van der Waals surface area contributed by atoms with Crippen molar-refractivity contribution in [1.29, 1.82) is 0 Å². The Morgan fingerprint density at radius 1 is 1.44 bits per heavy atom. The number of nitrogens with two attached hydrogens (primary N) is 1. The fourth-order valence-corrected chi connectivity index (χ4v) is 1.37. The summed E-state index contributed by atoms with van der Waals surface area (Å²) < 4.78 is 22.6. The zero-order valence-corrected chi connectivity index (χ0v) is 10.1. The van der Waals surface area contributed by atoms with Crippen molar-refractivity contribution >= 4 is 5.97 Å². The van der Waals surface area contributed by atoms with Crippen molar-refractivity contribution in [3.05, 3.63) is 29.8 Å². The van der Waals surface area contributed by atoms with Crippen LogP contribution in [0, 0.1) is 0 Å². The van der Waals surface area contributed by atoms with Crippen LogP contribution in [0.1, 0.15) is 5.56 Å². The smallest absolute Gasteiger partial charge is 0.326 e.